The Hall–Kier alpha value is -2.95. The average molecular weight is 441 g/mol. The first-order valence-electron chi connectivity index (χ1n) is 12.0. The van der Waals surface area contributed by atoms with Crippen LogP contribution in [0.15, 0.2) is 84.9 Å². The average Bonchev–Trinajstić information content (AvgIpc) is 2.89. The lowest BCUT2D eigenvalue weighted by atomic mass is 9.70. The van der Waals surface area contributed by atoms with Crippen LogP contribution in [0.2, 0.25) is 0 Å². The van der Waals surface area contributed by atoms with Gasteiger partial charge in [-0.1, -0.05) is 72.8 Å². The Morgan fingerprint density at radius 1 is 0.939 bits per heavy atom. The molecule has 3 aliphatic rings. The molecule has 3 heterocycles. The van der Waals surface area contributed by atoms with Crippen LogP contribution in [-0.2, 0) is 11.3 Å². The minimum Gasteiger partial charge on any atom is -0.465 e. The Morgan fingerprint density at radius 3 is 2.18 bits per heavy atom. The van der Waals surface area contributed by atoms with E-state index >= 15 is 0 Å². The quantitative estimate of drug-likeness (QED) is 0.533. The molecule has 3 aliphatic heterocycles. The maximum Gasteiger partial charge on any atom is 0.337 e. The number of nitrogens with zero attached hydrogens (tertiary/aromatic N) is 1. The summed E-state index contributed by atoms with van der Waals surface area (Å²) in [4.78, 5) is 14.7. The van der Waals surface area contributed by atoms with Crippen LogP contribution in [0.4, 0.5) is 0 Å². The lowest BCUT2D eigenvalue weighted by Crippen LogP contribution is -2.64. The zero-order chi connectivity index (χ0) is 22.6. The van der Waals surface area contributed by atoms with Crippen molar-refractivity contribution in [2.75, 3.05) is 20.2 Å². The van der Waals surface area contributed by atoms with Crippen LogP contribution in [-0.4, -0.2) is 43.2 Å². The van der Waals surface area contributed by atoms with Crippen LogP contribution in [0.1, 0.15) is 45.8 Å². The Bertz CT molecular complexity index is 1020. The molecule has 170 valence electrons. The van der Waals surface area contributed by atoms with Crippen molar-refractivity contribution in [3.8, 4) is 0 Å². The fourth-order valence-electron chi connectivity index (χ4n) is 5.86. The Balaban J connectivity index is 1.45. The van der Waals surface area contributed by atoms with E-state index < -0.39 is 0 Å². The number of hydrogen-bond acceptors (Lipinski definition) is 4. The van der Waals surface area contributed by atoms with Gasteiger partial charge >= 0.3 is 5.97 Å². The van der Waals surface area contributed by atoms with Crippen LogP contribution >= 0.6 is 0 Å². The maximum atomic E-state index is 12.0. The van der Waals surface area contributed by atoms with Crippen molar-refractivity contribution in [1.82, 2.24) is 10.2 Å². The zero-order valence-corrected chi connectivity index (χ0v) is 19.2. The summed E-state index contributed by atoms with van der Waals surface area (Å²) < 4.78 is 4.91. The van der Waals surface area contributed by atoms with E-state index in [4.69, 9.17) is 4.74 Å². The summed E-state index contributed by atoms with van der Waals surface area (Å²) in [6.45, 7) is 3.08. The predicted molar refractivity (Wildman–Crippen MR) is 131 cm³/mol. The molecule has 2 bridgehead atoms. The van der Waals surface area contributed by atoms with E-state index in [0.29, 0.717) is 29.5 Å². The highest BCUT2D eigenvalue weighted by Crippen LogP contribution is 2.42. The molecule has 3 fully saturated rings. The van der Waals surface area contributed by atoms with E-state index in [1.807, 2.05) is 18.2 Å². The maximum absolute atomic E-state index is 12.0. The van der Waals surface area contributed by atoms with Crippen molar-refractivity contribution in [1.29, 1.82) is 0 Å². The summed E-state index contributed by atoms with van der Waals surface area (Å²) in [5.41, 5.74) is 4.47. The van der Waals surface area contributed by atoms with E-state index in [1.165, 1.54) is 44.2 Å². The molecule has 0 amide bonds. The van der Waals surface area contributed by atoms with Crippen LogP contribution in [0, 0.1) is 5.92 Å². The standard InChI is InChI=1S/C29H32N2O2/c1-33-29(32)25-14-8-9-21(19-25)20-30-27-24-15-17-31(18-16-24)28(27)26(22-10-4-2-5-11-22)23-12-6-3-7-13-23/h2-14,19,24,26-28,30H,15-18,20H2,1H3/t27-,28+/m1/s1. The number of esters is 1. The summed E-state index contributed by atoms with van der Waals surface area (Å²) in [5.74, 6) is 0.693. The Morgan fingerprint density at radius 2 is 1.58 bits per heavy atom. The first-order chi connectivity index (χ1) is 16.2. The Kier molecular flexibility index (Phi) is 6.56. The van der Waals surface area contributed by atoms with Gasteiger partial charge in [0, 0.05) is 24.5 Å². The summed E-state index contributed by atoms with van der Waals surface area (Å²) >= 11 is 0. The summed E-state index contributed by atoms with van der Waals surface area (Å²) in [6, 6.07) is 30.5. The molecule has 3 saturated heterocycles. The van der Waals surface area contributed by atoms with E-state index in [9.17, 15) is 4.79 Å². The molecule has 0 aromatic heterocycles. The third-order valence-corrected chi connectivity index (χ3v) is 7.42. The first-order valence-corrected chi connectivity index (χ1v) is 12.0. The fourth-order valence-corrected chi connectivity index (χ4v) is 5.86. The molecule has 0 aliphatic carbocycles. The third kappa shape index (κ3) is 4.59. The number of benzene rings is 3. The van der Waals surface area contributed by atoms with E-state index in [-0.39, 0.29) is 5.97 Å². The molecule has 3 aromatic rings. The molecule has 0 unspecified atom stereocenters. The van der Waals surface area contributed by atoms with Gasteiger partial charge in [-0.05, 0) is 60.7 Å². The number of methoxy groups -OCH3 is 1. The van der Waals surface area contributed by atoms with Gasteiger partial charge in [-0.25, -0.2) is 4.79 Å². The second kappa shape index (κ2) is 9.90. The summed E-state index contributed by atoms with van der Waals surface area (Å²) in [6.07, 6.45) is 2.49. The SMILES string of the molecule is COC(=O)c1cccc(CN[C@@H]2C3CCN(CC3)[C@H]2C(c2ccccc2)c2ccccc2)c1. The lowest BCUT2D eigenvalue weighted by molar-refractivity contribution is 0.00467. The number of carbonyl (C=O) groups excluding carboxylic acids is 1. The van der Waals surface area contributed by atoms with Crippen molar-refractivity contribution in [3.63, 3.8) is 0 Å². The van der Waals surface area contributed by atoms with Gasteiger partial charge in [-0.3, -0.25) is 4.90 Å². The summed E-state index contributed by atoms with van der Waals surface area (Å²) in [7, 11) is 1.43. The molecule has 2 atom stereocenters. The highest BCUT2D eigenvalue weighted by molar-refractivity contribution is 5.89. The van der Waals surface area contributed by atoms with Gasteiger partial charge in [0.25, 0.3) is 0 Å². The molecule has 0 saturated carbocycles. The monoisotopic (exact) mass is 440 g/mol. The van der Waals surface area contributed by atoms with Crippen LogP contribution in [0.3, 0.4) is 0 Å². The molecule has 1 N–H and O–H groups in total. The second-order valence-corrected chi connectivity index (χ2v) is 9.26. The molecular weight excluding hydrogens is 408 g/mol. The largest absolute Gasteiger partial charge is 0.465 e. The topological polar surface area (TPSA) is 41.6 Å². The first kappa shape index (κ1) is 21.9. The predicted octanol–water partition coefficient (Wildman–Crippen LogP) is 4.86. The number of ether oxygens (including phenoxy) is 1. The van der Waals surface area contributed by atoms with Crippen molar-refractivity contribution in [3.05, 3.63) is 107 Å². The van der Waals surface area contributed by atoms with Gasteiger partial charge in [0.15, 0.2) is 0 Å². The zero-order valence-electron chi connectivity index (χ0n) is 19.2. The number of fused-ring (bicyclic) bond motifs is 3. The van der Waals surface area contributed by atoms with Gasteiger partial charge < -0.3 is 10.1 Å². The summed E-state index contributed by atoms with van der Waals surface area (Å²) in [5, 5.41) is 3.93. The number of rotatable bonds is 7. The molecule has 0 spiro atoms. The molecule has 4 heteroatoms. The van der Waals surface area contributed by atoms with E-state index in [2.05, 4.69) is 76.9 Å². The van der Waals surface area contributed by atoms with Gasteiger partial charge in [0.05, 0.1) is 12.7 Å². The van der Waals surface area contributed by atoms with Gasteiger partial charge in [-0.2, -0.15) is 0 Å². The number of piperidine rings is 3. The molecule has 33 heavy (non-hydrogen) atoms. The number of carbonyl (C=O) groups is 1. The smallest absolute Gasteiger partial charge is 0.337 e. The van der Waals surface area contributed by atoms with Crippen molar-refractivity contribution < 1.29 is 9.53 Å². The molecular formula is C29H32N2O2. The van der Waals surface area contributed by atoms with E-state index in [1.54, 1.807) is 0 Å². The highest BCUT2D eigenvalue weighted by atomic mass is 16.5. The minimum absolute atomic E-state index is 0.286. The number of nitrogens with one attached hydrogen (secondary N) is 1. The van der Waals surface area contributed by atoms with Gasteiger partial charge in [0.1, 0.15) is 0 Å². The second-order valence-electron chi connectivity index (χ2n) is 9.26. The molecule has 4 nitrogen and oxygen atoms in total. The lowest BCUT2D eigenvalue weighted by Gasteiger charge is -2.54. The van der Waals surface area contributed by atoms with Crippen LogP contribution in [0.25, 0.3) is 0 Å². The van der Waals surface area contributed by atoms with Crippen molar-refractivity contribution >= 4 is 5.97 Å². The molecule has 0 radical (unpaired) electrons. The molecule has 3 aromatic carbocycles. The van der Waals surface area contributed by atoms with E-state index in [0.717, 1.165) is 12.1 Å². The normalized spacial score (nSPS) is 24.1. The highest BCUT2D eigenvalue weighted by Gasteiger charge is 2.46. The van der Waals surface area contributed by atoms with Crippen molar-refractivity contribution in [2.24, 2.45) is 5.92 Å². The fraction of sp³-hybridized carbons (Fsp3) is 0.345. The number of hydrogen-bond donors (Lipinski definition) is 1. The molecule has 6 rings (SSSR count). The Labute approximate surface area is 196 Å². The van der Waals surface area contributed by atoms with Crippen LogP contribution in [0.5, 0.6) is 0 Å². The van der Waals surface area contributed by atoms with Crippen LogP contribution < -0.4 is 5.32 Å². The van der Waals surface area contributed by atoms with Gasteiger partial charge in [0.2, 0.25) is 0 Å². The van der Waals surface area contributed by atoms with Gasteiger partial charge in [-0.15, -0.1) is 0 Å². The van der Waals surface area contributed by atoms with Crippen molar-refractivity contribution in [2.45, 2.75) is 37.4 Å². The third-order valence-electron chi connectivity index (χ3n) is 7.42. The minimum atomic E-state index is -0.286.